The molecule has 0 saturated carbocycles. The molecule has 0 aromatic heterocycles. The summed E-state index contributed by atoms with van der Waals surface area (Å²) in [6.45, 7) is 9.87. The van der Waals surface area contributed by atoms with Crippen molar-refractivity contribution >= 4 is 0 Å². The molecule has 1 aromatic rings. The van der Waals surface area contributed by atoms with Crippen molar-refractivity contribution in [2.24, 2.45) is 11.5 Å². The molecule has 0 aliphatic rings. The lowest BCUT2D eigenvalue weighted by atomic mass is 10.0. The molecule has 1 rings (SSSR count). The third-order valence-corrected chi connectivity index (χ3v) is 3.40. The van der Waals surface area contributed by atoms with Crippen LogP contribution in [0.2, 0.25) is 0 Å². The standard InChI is InChI=1S/C17H32N4/c1-14(18)8-10-20-12-15-4-6-16(7-5-15)13-21-11-9-17(2,3)19/h4-7,14,20-21H,8-13,18-19H2,1-3H3. The molecule has 0 spiro atoms. The van der Waals surface area contributed by atoms with Gasteiger partial charge in [0.2, 0.25) is 0 Å². The summed E-state index contributed by atoms with van der Waals surface area (Å²) < 4.78 is 0. The van der Waals surface area contributed by atoms with Crippen LogP contribution in [0.5, 0.6) is 0 Å². The second kappa shape index (κ2) is 9.15. The van der Waals surface area contributed by atoms with Gasteiger partial charge in [-0.2, -0.15) is 0 Å². The van der Waals surface area contributed by atoms with E-state index in [0.29, 0.717) is 0 Å². The Hall–Kier alpha value is -0.940. The average molecular weight is 292 g/mol. The zero-order chi connectivity index (χ0) is 15.7. The van der Waals surface area contributed by atoms with Crippen molar-refractivity contribution in [2.75, 3.05) is 13.1 Å². The van der Waals surface area contributed by atoms with E-state index in [1.54, 1.807) is 0 Å². The molecule has 4 heteroatoms. The number of benzene rings is 1. The fraction of sp³-hybridized carbons (Fsp3) is 0.647. The molecule has 0 heterocycles. The molecule has 1 aromatic carbocycles. The Bertz CT molecular complexity index is 379. The summed E-state index contributed by atoms with van der Waals surface area (Å²) in [5.41, 5.74) is 14.2. The molecule has 4 nitrogen and oxygen atoms in total. The maximum atomic E-state index is 5.96. The van der Waals surface area contributed by atoms with E-state index in [9.17, 15) is 0 Å². The van der Waals surface area contributed by atoms with E-state index < -0.39 is 0 Å². The largest absolute Gasteiger partial charge is 0.328 e. The van der Waals surface area contributed by atoms with Crippen LogP contribution in [-0.4, -0.2) is 24.7 Å². The van der Waals surface area contributed by atoms with Gasteiger partial charge >= 0.3 is 0 Å². The summed E-state index contributed by atoms with van der Waals surface area (Å²) in [5.74, 6) is 0. The molecular weight excluding hydrogens is 260 g/mol. The van der Waals surface area contributed by atoms with Crippen LogP contribution < -0.4 is 22.1 Å². The molecule has 0 radical (unpaired) electrons. The molecule has 0 amide bonds. The van der Waals surface area contributed by atoms with Crippen LogP contribution in [0.3, 0.4) is 0 Å². The smallest absolute Gasteiger partial charge is 0.0205 e. The Balaban J connectivity index is 2.21. The third kappa shape index (κ3) is 9.58. The highest BCUT2D eigenvalue weighted by Crippen LogP contribution is 2.05. The zero-order valence-corrected chi connectivity index (χ0v) is 13.8. The Labute approximate surface area is 129 Å². The first-order valence-electron chi connectivity index (χ1n) is 7.90. The first-order valence-corrected chi connectivity index (χ1v) is 7.90. The molecule has 120 valence electrons. The summed E-state index contributed by atoms with van der Waals surface area (Å²) in [4.78, 5) is 0. The Kier molecular flexibility index (Phi) is 7.89. The highest BCUT2D eigenvalue weighted by Gasteiger charge is 2.08. The highest BCUT2D eigenvalue weighted by molar-refractivity contribution is 5.22. The summed E-state index contributed by atoms with van der Waals surface area (Å²) in [5, 5.41) is 6.84. The van der Waals surface area contributed by atoms with Crippen LogP contribution in [0.15, 0.2) is 24.3 Å². The van der Waals surface area contributed by atoms with E-state index >= 15 is 0 Å². The lowest BCUT2D eigenvalue weighted by Crippen LogP contribution is -2.35. The number of hydrogen-bond donors (Lipinski definition) is 4. The number of nitrogens with two attached hydrogens (primary N) is 2. The predicted octanol–water partition coefficient (Wildman–Crippen LogP) is 1.73. The van der Waals surface area contributed by atoms with E-state index in [4.69, 9.17) is 11.5 Å². The van der Waals surface area contributed by atoms with E-state index in [-0.39, 0.29) is 11.6 Å². The number of rotatable bonds is 10. The first kappa shape index (κ1) is 18.1. The van der Waals surface area contributed by atoms with E-state index in [0.717, 1.165) is 39.0 Å². The summed E-state index contributed by atoms with van der Waals surface area (Å²) >= 11 is 0. The van der Waals surface area contributed by atoms with Crippen molar-refractivity contribution in [2.45, 2.75) is 58.3 Å². The van der Waals surface area contributed by atoms with E-state index in [2.05, 4.69) is 48.7 Å². The van der Waals surface area contributed by atoms with Gasteiger partial charge in [-0.1, -0.05) is 24.3 Å². The lowest BCUT2D eigenvalue weighted by molar-refractivity contribution is 0.455. The SMILES string of the molecule is CC(N)CCNCc1ccc(CNCCC(C)(C)N)cc1. The van der Waals surface area contributed by atoms with Crippen molar-refractivity contribution < 1.29 is 0 Å². The van der Waals surface area contributed by atoms with Crippen LogP contribution in [0.1, 0.15) is 44.7 Å². The minimum Gasteiger partial charge on any atom is -0.328 e. The molecule has 0 saturated heterocycles. The van der Waals surface area contributed by atoms with Gasteiger partial charge in [0, 0.05) is 24.7 Å². The quantitative estimate of drug-likeness (QED) is 0.495. The molecule has 1 atom stereocenters. The van der Waals surface area contributed by atoms with Crippen molar-refractivity contribution in [3.63, 3.8) is 0 Å². The molecule has 1 unspecified atom stereocenters. The summed E-state index contributed by atoms with van der Waals surface area (Å²) in [6.07, 6.45) is 1.99. The van der Waals surface area contributed by atoms with Crippen molar-refractivity contribution in [1.29, 1.82) is 0 Å². The van der Waals surface area contributed by atoms with Gasteiger partial charge in [0.25, 0.3) is 0 Å². The van der Waals surface area contributed by atoms with Crippen molar-refractivity contribution in [3.8, 4) is 0 Å². The number of nitrogens with one attached hydrogen (secondary N) is 2. The van der Waals surface area contributed by atoms with Gasteiger partial charge in [0.15, 0.2) is 0 Å². The maximum Gasteiger partial charge on any atom is 0.0205 e. The molecule has 0 bridgehead atoms. The van der Waals surface area contributed by atoms with Gasteiger partial charge in [0.1, 0.15) is 0 Å². The van der Waals surface area contributed by atoms with Gasteiger partial charge in [-0.15, -0.1) is 0 Å². The first-order chi connectivity index (χ1) is 9.87. The van der Waals surface area contributed by atoms with Crippen molar-refractivity contribution in [3.05, 3.63) is 35.4 Å². The third-order valence-electron chi connectivity index (χ3n) is 3.40. The maximum absolute atomic E-state index is 5.96. The van der Waals surface area contributed by atoms with E-state index in [1.807, 2.05) is 6.92 Å². The van der Waals surface area contributed by atoms with Gasteiger partial charge in [0.05, 0.1) is 0 Å². The Morgan fingerprint density at radius 1 is 1.00 bits per heavy atom. The van der Waals surface area contributed by atoms with Gasteiger partial charge in [-0.25, -0.2) is 0 Å². The molecule has 0 aliphatic carbocycles. The second-order valence-corrected chi connectivity index (χ2v) is 6.67. The Morgan fingerprint density at radius 3 is 1.90 bits per heavy atom. The fourth-order valence-electron chi connectivity index (χ4n) is 1.98. The molecular formula is C17H32N4. The fourth-order valence-corrected chi connectivity index (χ4v) is 1.98. The van der Waals surface area contributed by atoms with Gasteiger partial charge < -0.3 is 22.1 Å². The van der Waals surface area contributed by atoms with E-state index in [1.165, 1.54) is 11.1 Å². The molecule has 6 N–H and O–H groups in total. The predicted molar refractivity (Wildman–Crippen MR) is 91.0 cm³/mol. The molecule has 21 heavy (non-hydrogen) atoms. The Morgan fingerprint density at radius 2 is 1.48 bits per heavy atom. The zero-order valence-electron chi connectivity index (χ0n) is 13.8. The number of hydrogen-bond acceptors (Lipinski definition) is 4. The summed E-state index contributed by atoms with van der Waals surface area (Å²) in [7, 11) is 0. The highest BCUT2D eigenvalue weighted by atomic mass is 14.9. The second-order valence-electron chi connectivity index (χ2n) is 6.67. The average Bonchev–Trinajstić information content (AvgIpc) is 2.40. The molecule has 0 aliphatic heterocycles. The molecule has 0 fully saturated rings. The topological polar surface area (TPSA) is 76.1 Å². The minimum atomic E-state index is -0.0937. The normalized spacial score (nSPS) is 13.4. The lowest BCUT2D eigenvalue weighted by Gasteiger charge is -2.18. The van der Waals surface area contributed by atoms with Crippen LogP contribution in [0, 0.1) is 0 Å². The van der Waals surface area contributed by atoms with Crippen molar-refractivity contribution in [1.82, 2.24) is 10.6 Å². The van der Waals surface area contributed by atoms with Crippen LogP contribution >= 0.6 is 0 Å². The summed E-state index contributed by atoms with van der Waals surface area (Å²) in [6, 6.07) is 9.00. The van der Waals surface area contributed by atoms with Crippen LogP contribution in [0.25, 0.3) is 0 Å². The monoisotopic (exact) mass is 292 g/mol. The van der Waals surface area contributed by atoms with Crippen LogP contribution in [-0.2, 0) is 13.1 Å². The van der Waals surface area contributed by atoms with Crippen LogP contribution in [0.4, 0.5) is 0 Å². The van der Waals surface area contributed by atoms with Gasteiger partial charge in [-0.05, 0) is 57.8 Å². The van der Waals surface area contributed by atoms with Gasteiger partial charge in [-0.3, -0.25) is 0 Å². The minimum absolute atomic E-state index is 0.0937.